The van der Waals surface area contributed by atoms with Crippen LogP contribution < -0.4 is 9.62 Å². The topological polar surface area (TPSA) is 69.7 Å². The molecule has 0 aromatic heterocycles. The fraction of sp³-hybridized carbons (Fsp3) is 0.588. The average Bonchev–Trinajstić information content (AvgIpc) is 2.54. The molecule has 1 heterocycles. The van der Waals surface area contributed by atoms with Crippen molar-refractivity contribution in [3.05, 3.63) is 28.7 Å². The van der Waals surface area contributed by atoms with Crippen molar-refractivity contribution in [3.63, 3.8) is 0 Å². The quantitative estimate of drug-likeness (QED) is 0.716. The smallest absolute Gasteiger partial charge is 0.240 e. The van der Waals surface area contributed by atoms with Crippen LogP contribution in [-0.2, 0) is 14.8 Å². The van der Waals surface area contributed by atoms with Crippen LogP contribution in [0, 0.1) is 5.92 Å². The van der Waals surface area contributed by atoms with Crippen LogP contribution in [0.5, 0.6) is 0 Å². The molecule has 1 aromatic rings. The van der Waals surface area contributed by atoms with Crippen molar-refractivity contribution in [3.8, 4) is 0 Å². The maximum atomic E-state index is 12.2. The molecule has 0 bridgehead atoms. The molecule has 0 atom stereocenters. The zero-order chi connectivity index (χ0) is 18.4. The number of nitrogens with zero attached hydrogens (tertiary/aromatic N) is 2. The van der Waals surface area contributed by atoms with Crippen molar-refractivity contribution in [1.29, 1.82) is 0 Å². The normalized spacial score (nSPS) is 16.6. The van der Waals surface area contributed by atoms with Gasteiger partial charge in [0.1, 0.15) is 6.54 Å². The first-order valence-electron chi connectivity index (χ1n) is 8.45. The largest absolute Gasteiger partial charge is 0.355 e. The monoisotopic (exact) mass is 431 g/mol. The molecule has 1 aliphatic heterocycles. The lowest BCUT2D eigenvalue weighted by molar-refractivity contribution is -0.119. The van der Waals surface area contributed by atoms with E-state index in [2.05, 4.69) is 33.2 Å². The fourth-order valence-corrected chi connectivity index (χ4v) is 4.47. The molecule has 2 rings (SSSR count). The molecule has 1 saturated heterocycles. The highest BCUT2D eigenvalue weighted by Crippen LogP contribution is 2.27. The number of rotatable bonds is 7. The highest BCUT2D eigenvalue weighted by molar-refractivity contribution is 9.10. The van der Waals surface area contributed by atoms with Gasteiger partial charge in [-0.05, 0) is 73.4 Å². The van der Waals surface area contributed by atoms with Gasteiger partial charge < -0.3 is 10.2 Å². The predicted molar refractivity (Wildman–Crippen MR) is 104 cm³/mol. The zero-order valence-electron chi connectivity index (χ0n) is 14.7. The molecule has 0 spiro atoms. The van der Waals surface area contributed by atoms with Crippen LogP contribution in [0.4, 0.5) is 5.69 Å². The van der Waals surface area contributed by atoms with E-state index in [1.807, 2.05) is 0 Å². The highest BCUT2D eigenvalue weighted by atomic mass is 79.9. The van der Waals surface area contributed by atoms with E-state index < -0.39 is 10.0 Å². The number of carbonyl (C=O) groups excluding carboxylic acids is 1. The van der Waals surface area contributed by atoms with Gasteiger partial charge in [0.2, 0.25) is 15.9 Å². The predicted octanol–water partition coefficient (Wildman–Crippen LogP) is 2.06. The van der Waals surface area contributed by atoms with E-state index in [9.17, 15) is 13.2 Å². The van der Waals surface area contributed by atoms with Gasteiger partial charge in [-0.15, -0.1) is 0 Å². The second-order valence-electron chi connectivity index (χ2n) is 6.61. The van der Waals surface area contributed by atoms with Crippen molar-refractivity contribution in [2.75, 3.05) is 43.8 Å². The molecular weight excluding hydrogens is 406 g/mol. The minimum Gasteiger partial charge on any atom is -0.355 e. The molecule has 1 amide bonds. The lowest BCUT2D eigenvalue weighted by Gasteiger charge is -2.29. The van der Waals surface area contributed by atoms with Crippen LogP contribution in [0.15, 0.2) is 28.7 Å². The lowest BCUT2D eigenvalue weighted by atomic mass is 9.94. The van der Waals surface area contributed by atoms with E-state index >= 15 is 0 Å². The van der Waals surface area contributed by atoms with Gasteiger partial charge in [0.05, 0.1) is 11.9 Å². The Morgan fingerprint density at radius 3 is 2.56 bits per heavy atom. The second-order valence-corrected chi connectivity index (χ2v) is 9.37. The molecular formula is C17H26BrN3O3S. The Bertz CT molecular complexity index is 688. The number of anilines is 1. The average molecular weight is 432 g/mol. The first-order chi connectivity index (χ1) is 11.8. The van der Waals surface area contributed by atoms with Gasteiger partial charge in [0.15, 0.2) is 0 Å². The van der Waals surface area contributed by atoms with Crippen LogP contribution in [0.2, 0.25) is 0 Å². The third-order valence-electron chi connectivity index (χ3n) is 4.52. The first-order valence-corrected chi connectivity index (χ1v) is 11.1. The van der Waals surface area contributed by atoms with Crippen molar-refractivity contribution < 1.29 is 13.2 Å². The summed E-state index contributed by atoms with van der Waals surface area (Å²) in [6.45, 7) is 2.57. The van der Waals surface area contributed by atoms with E-state index in [4.69, 9.17) is 0 Å². The Hall–Kier alpha value is -1.12. The molecule has 0 aliphatic carbocycles. The van der Waals surface area contributed by atoms with Gasteiger partial charge in [-0.3, -0.25) is 9.10 Å². The summed E-state index contributed by atoms with van der Waals surface area (Å²) in [7, 11) is -1.43. The van der Waals surface area contributed by atoms with Gasteiger partial charge in [-0.2, -0.15) is 0 Å². The Kier molecular flexibility index (Phi) is 7.27. The Morgan fingerprint density at radius 2 is 1.96 bits per heavy atom. The third kappa shape index (κ3) is 6.27. The standard InChI is InChI=1S/C17H26BrN3O3S/c1-20-11-8-14(9-12-20)7-10-19-17(22)13-21(25(2,23)24)16-6-4-3-5-15(16)18/h3-6,14H,7-13H2,1-2H3,(H,19,22). The zero-order valence-corrected chi connectivity index (χ0v) is 17.1. The van der Waals surface area contributed by atoms with Crippen LogP contribution in [-0.4, -0.2) is 58.7 Å². The summed E-state index contributed by atoms with van der Waals surface area (Å²) in [6, 6.07) is 6.98. The van der Waals surface area contributed by atoms with E-state index in [-0.39, 0.29) is 12.5 Å². The molecule has 140 valence electrons. The number of hydrogen-bond acceptors (Lipinski definition) is 4. The maximum Gasteiger partial charge on any atom is 0.240 e. The fourth-order valence-electron chi connectivity index (χ4n) is 2.99. The summed E-state index contributed by atoms with van der Waals surface area (Å²) in [5.74, 6) is 0.347. The summed E-state index contributed by atoms with van der Waals surface area (Å²) >= 11 is 3.35. The Balaban J connectivity index is 1.89. The van der Waals surface area contributed by atoms with Crippen LogP contribution in [0.3, 0.4) is 0 Å². The van der Waals surface area contributed by atoms with Crippen molar-refractivity contribution in [2.24, 2.45) is 5.92 Å². The van der Waals surface area contributed by atoms with Gasteiger partial charge in [0.25, 0.3) is 0 Å². The second kappa shape index (κ2) is 9.00. The number of piperidine rings is 1. The molecule has 8 heteroatoms. The molecule has 0 radical (unpaired) electrons. The van der Waals surface area contributed by atoms with Gasteiger partial charge in [-0.1, -0.05) is 12.1 Å². The summed E-state index contributed by atoms with van der Waals surface area (Å²) in [5, 5.41) is 2.86. The van der Waals surface area contributed by atoms with E-state index in [1.54, 1.807) is 24.3 Å². The molecule has 6 nitrogen and oxygen atoms in total. The van der Waals surface area contributed by atoms with E-state index in [0.717, 1.165) is 42.9 Å². The van der Waals surface area contributed by atoms with Crippen LogP contribution in [0.25, 0.3) is 0 Å². The van der Waals surface area contributed by atoms with E-state index in [1.165, 1.54) is 0 Å². The van der Waals surface area contributed by atoms with Crippen molar-refractivity contribution >= 4 is 37.5 Å². The summed E-state index contributed by atoms with van der Waals surface area (Å²) < 4.78 is 25.9. The van der Waals surface area contributed by atoms with Crippen molar-refractivity contribution in [2.45, 2.75) is 19.3 Å². The number of benzene rings is 1. The van der Waals surface area contributed by atoms with Crippen LogP contribution in [0.1, 0.15) is 19.3 Å². The lowest BCUT2D eigenvalue weighted by Crippen LogP contribution is -2.41. The minimum atomic E-state index is -3.55. The maximum absolute atomic E-state index is 12.2. The first kappa shape index (κ1) is 20.2. The van der Waals surface area contributed by atoms with Crippen molar-refractivity contribution in [1.82, 2.24) is 10.2 Å². The van der Waals surface area contributed by atoms with Gasteiger partial charge in [-0.25, -0.2) is 8.42 Å². The van der Waals surface area contributed by atoms with Gasteiger partial charge in [0, 0.05) is 11.0 Å². The van der Waals surface area contributed by atoms with E-state index in [0.29, 0.717) is 22.6 Å². The Labute approximate surface area is 158 Å². The highest BCUT2D eigenvalue weighted by Gasteiger charge is 2.23. The molecule has 1 aromatic carbocycles. The number of hydrogen-bond donors (Lipinski definition) is 1. The Morgan fingerprint density at radius 1 is 1.32 bits per heavy atom. The molecule has 1 fully saturated rings. The number of carbonyl (C=O) groups is 1. The molecule has 1 N–H and O–H groups in total. The summed E-state index contributed by atoms with van der Waals surface area (Å²) in [5.41, 5.74) is 0.468. The summed E-state index contributed by atoms with van der Waals surface area (Å²) in [6.07, 6.45) is 4.35. The van der Waals surface area contributed by atoms with Crippen LogP contribution >= 0.6 is 15.9 Å². The third-order valence-corrected chi connectivity index (χ3v) is 6.32. The molecule has 25 heavy (non-hydrogen) atoms. The molecule has 1 aliphatic rings. The summed E-state index contributed by atoms with van der Waals surface area (Å²) in [4.78, 5) is 14.6. The number of likely N-dealkylation sites (tertiary alicyclic amines) is 1. The minimum absolute atomic E-state index is 0.213. The number of para-hydroxylation sites is 1. The number of amides is 1. The SMILES string of the molecule is CN1CCC(CCNC(=O)CN(c2ccccc2Br)S(C)(=O)=O)CC1. The van der Waals surface area contributed by atoms with Gasteiger partial charge >= 0.3 is 0 Å². The number of sulfonamides is 1. The number of nitrogens with one attached hydrogen (secondary N) is 1. The number of halogens is 1. The molecule has 0 saturated carbocycles. The molecule has 0 unspecified atom stereocenters.